The van der Waals surface area contributed by atoms with Crippen LogP contribution < -0.4 is 4.31 Å². The van der Waals surface area contributed by atoms with Gasteiger partial charge >= 0.3 is 0 Å². The van der Waals surface area contributed by atoms with E-state index in [0.29, 0.717) is 5.69 Å². The first-order valence-corrected chi connectivity index (χ1v) is 7.94. The van der Waals surface area contributed by atoms with Crippen LogP contribution in [0.2, 0.25) is 5.15 Å². The van der Waals surface area contributed by atoms with Crippen molar-refractivity contribution in [1.82, 2.24) is 4.98 Å². The van der Waals surface area contributed by atoms with Gasteiger partial charge in [-0.05, 0) is 24.3 Å². The molecular formula is C14H12ClN3O2S. The van der Waals surface area contributed by atoms with E-state index in [1.54, 1.807) is 30.3 Å². The summed E-state index contributed by atoms with van der Waals surface area (Å²) < 4.78 is 26.6. The number of sulfonamides is 1. The fraction of sp³-hybridized carbons (Fsp3) is 0.143. The summed E-state index contributed by atoms with van der Waals surface area (Å²) in [5.74, 6) is 0. The van der Waals surface area contributed by atoms with E-state index in [1.807, 2.05) is 6.07 Å². The molecule has 0 aliphatic heterocycles. The van der Waals surface area contributed by atoms with Crippen molar-refractivity contribution in [3.05, 3.63) is 53.8 Å². The molecule has 0 amide bonds. The van der Waals surface area contributed by atoms with Crippen molar-refractivity contribution in [2.75, 3.05) is 10.8 Å². The number of hydrogen-bond acceptors (Lipinski definition) is 4. The zero-order chi connectivity index (χ0) is 15.3. The van der Waals surface area contributed by atoms with Gasteiger partial charge in [-0.15, -0.1) is 0 Å². The summed E-state index contributed by atoms with van der Waals surface area (Å²) in [5, 5.41) is 8.95. The minimum absolute atomic E-state index is 0.0358. The number of rotatable bonds is 5. The van der Waals surface area contributed by atoms with Crippen LogP contribution in [0.3, 0.4) is 0 Å². The molecule has 5 nitrogen and oxygen atoms in total. The SMILES string of the molecule is N#CCCN(c1ccccc1)S(=O)(=O)c1ccc(Cl)nc1. The second-order valence-corrected chi connectivity index (χ2v) is 6.39. The first kappa shape index (κ1) is 15.3. The molecule has 0 saturated carbocycles. The van der Waals surface area contributed by atoms with Crippen molar-refractivity contribution in [1.29, 1.82) is 5.26 Å². The normalized spacial score (nSPS) is 10.9. The Kier molecular flexibility index (Phi) is 4.78. The van der Waals surface area contributed by atoms with Gasteiger partial charge in [-0.1, -0.05) is 29.8 Å². The van der Waals surface area contributed by atoms with Crippen LogP contribution in [0.5, 0.6) is 0 Å². The molecule has 0 bridgehead atoms. The zero-order valence-electron chi connectivity index (χ0n) is 11.0. The number of nitriles is 1. The van der Waals surface area contributed by atoms with Gasteiger partial charge in [0.2, 0.25) is 0 Å². The third kappa shape index (κ3) is 3.51. The monoisotopic (exact) mass is 321 g/mol. The number of para-hydroxylation sites is 1. The minimum atomic E-state index is -3.78. The zero-order valence-corrected chi connectivity index (χ0v) is 12.5. The van der Waals surface area contributed by atoms with Gasteiger partial charge in [-0.3, -0.25) is 4.31 Å². The average molecular weight is 322 g/mol. The van der Waals surface area contributed by atoms with Crippen LogP contribution in [-0.4, -0.2) is 19.9 Å². The Labute approximate surface area is 128 Å². The second kappa shape index (κ2) is 6.57. The molecule has 0 N–H and O–H groups in total. The molecule has 0 spiro atoms. The summed E-state index contributed by atoms with van der Waals surface area (Å²) in [6.45, 7) is 0.0749. The Bertz CT molecular complexity index is 740. The van der Waals surface area contributed by atoms with Gasteiger partial charge in [-0.2, -0.15) is 5.26 Å². The van der Waals surface area contributed by atoms with Crippen molar-refractivity contribution in [3.8, 4) is 6.07 Å². The molecule has 1 heterocycles. The van der Waals surface area contributed by atoms with Crippen LogP contribution in [0.1, 0.15) is 6.42 Å². The molecule has 0 aliphatic rings. The lowest BCUT2D eigenvalue weighted by Crippen LogP contribution is -2.32. The van der Waals surface area contributed by atoms with Crippen molar-refractivity contribution in [2.45, 2.75) is 11.3 Å². The highest BCUT2D eigenvalue weighted by molar-refractivity contribution is 7.92. The van der Waals surface area contributed by atoms with Crippen LogP contribution in [0, 0.1) is 11.3 Å². The fourth-order valence-electron chi connectivity index (χ4n) is 1.78. The Balaban J connectivity index is 2.45. The summed E-state index contributed by atoms with van der Waals surface area (Å²) in [5.41, 5.74) is 0.503. The summed E-state index contributed by atoms with van der Waals surface area (Å²) in [7, 11) is -3.78. The van der Waals surface area contributed by atoms with Gasteiger partial charge in [0.25, 0.3) is 10.0 Å². The molecule has 0 fully saturated rings. The molecule has 2 aromatic rings. The van der Waals surface area contributed by atoms with E-state index in [-0.39, 0.29) is 23.0 Å². The number of benzene rings is 1. The number of hydrogen-bond donors (Lipinski definition) is 0. The molecule has 108 valence electrons. The number of pyridine rings is 1. The highest BCUT2D eigenvalue weighted by Gasteiger charge is 2.24. The number of anilines is 1. The van der Waals surface area contributed by atoms with Gasteiger partial charge in [0, 0.05) is 12.7 Å². The minimum Gasteiger partial charge on any atom is -0.265 e. The van der Waals surface area contributed by atoms with Gasteiger partial charge in [0.15, 0.2) is 0 Å². The van der Waals surface area contributed by atoms with Crippen LogP contribution in [0.4, 0.5) is 5.69 Å². The molecule has 0 saturated heterocycles. The van der Waals surface area contributed by atoms with E-state index in [0.717, 1.165) is 0 Å². The third-order valence-corrected chi connectivity index (χ3v) is 4.79. The Morgan fingerprint density at radius 3 is 2.48 bits per heavy atom. The standard InChI is InChI=1S/C14H12ClN3O2S/c15-14-8-7-13(11-17-14)21(19,20)18(10-4-9-16)12-5-2-1-3-6-12/h1-3,5-8,11H,4,10H2. The average Bonchev–Trinajstić information content (AvgIpc) is 2.49. The lowest BCUT2D eigenvalue weighted by molar-refractivity contribution is 0.590. The first-order valence-electron chi connectivity index (χ1n) is 6.12. The molecule has 0 unspecified atom stereocenters. The Morgan fingerprint density at radius 2 is 1.90 bits per heavy atom. The molecule has 0 atom stereocenters. The summed E-state index contributed by atoms with van der Waals surface area (Å²) in [6, 6.07) is 13.4. The van der Waals surface area contributed by atoms with Crippen LogP contribution in [-0.2, 0) is 10.0 Å². The predicted octanol–water partition coefficient (Wildman–Crippen LogP) is 2.84. The maximum Gasteiger partial charge on any atom is 0.265 e. The van der Waals surface area contributed by atoms with E-state index >= 15 is 0 Å². The summed E-state index contributed by atoms with van der Waals surface area (Å²) in [4.78, 5) is 3.83. The van der Waals surface area contributed by atoms with Gasteiger partial charge in [-0.25, -0.2) is 13.4 Å². The fourth-order valence-corrected chi connectivity index (χ4v) is 3.30. The van der Waals surface area contributed by atoms with E-state index in [9.17, 15) is 8.42 Å². The highest BCUT2D eigenvalue weighted by atomic mass is 35.5. The highest BCUT2D eigenvalue weighted by Crippen LogP contribution is 2.23. The van der Waals surface area contributed by atoms with E-state index in [2.05, 4.69) is 4.98 Å². The molecule has 2 rings (SSSR count). The number of halogens is 1. The second-order valence-electron chi connectivity index (χ2n) is 4.14. The molecule has 21 heavy (non-hydrogen) atoms. The molecule has 7 heteroatoms. The van der Waals surface area contributed by atoms with E-state index in [4.69, 9.17) is 16.9 Å². The van der Waals surface area contributed by atoms with Gasteiger partial charge < -0.3 is 0 Å². The van der Waals surface area contributed by atoms with Crippen molar-refractivity contribution in [2.24, 2.45) is 0 Å². The molecule has 1 aromatic carbocycles. The lowest BCUT2D eigenvalue weighted by atomic mass is 10.3. The van der Waals surface area contributed by atoms with Gasteiger partial charge in [0.05, 0.1) is 18.2 Å². The quantitative estimate of drug-likeness (QED) is 0.794. The van der Waals surface area contributed by atoms with E-state index < -0.39 is 10.0 Å². The van der Waals surface area contributed by atoms with Crippen LogP contribution in [0.25, 0.3) is 0 Å². The first-order chi connectivity index (χ1) is 10.1. The van der Waals surface area contributed by atoms with E-state index in [1.165, 1.54) is 22.6 Å². The Hall–Kier alpha value is -2.10. The third-order valence-electron chi connectivity index (χ3n) is 2.76. The lowest BCUT2D eigenvalue weighted by Gasteiger charge is -2.23. The smallest absolute Gasteiger partial charge is 0.265 e. The molecule has 0 radical (unpaired) electrons. The van der Waals surface area contributed by atoms with Crippen molar-refractivity contribution >= 4 is 27.3 Å². The topological polar surface area (TPSA) is 74.1 Å². The summed E-state index contributed by atoms with van der Waals surface area (Å²) in [6.07, 6.45) is 1.30. The van der Waals surface area contributed by atoms with Crippen molar-refractivity contribution < 1.29 is 8.42 Å². The number of nitrogens with zero attached hydrogens (tertiary/aromatic N) is 3. The predicted molar refractivity (Wildman–Crippen MR) is 80.5 cm³/mol. The number of aromatic nitrogens is 1. The maximum atomic E-state index is 12.7. The Morgan fingerprint density at radius 1 is 1.19 bits per heavy atom. The molecule has 0 aliphatic carbocycles. The largest absolute Gasteiger partial charge is 0.265 e. The van der Waals surface area contributed by atoms with Crippen LogP contribution in [0.15, 0.2) is 53.6 Å². The molecular weight excluding hydrogens is 310 g/mol. The van der Waals surface area contributed by atoms with Crippen molar-refractivity contribution in [3.63, 3.8) is 0 Å². The van der Waals surface area contributed by atoms with Gasteiger partial charge in [0.1, 0.15) is 10.0 Å². The maximum absolute atomic E-state index is 12.7. The molecule has 1 aromatic heterocycles. The summed E-state index contributed by atoms with van der Waals surface area (Å²) >= 11 is 5.68. The van der Waals surface area contributed by atoms with Crippen LogP contribution >= 0.6 is 11.6 Å².